The van der Waals surface area contributed by atoms with Crippen molar-refractivity contribution in [3.05, 3.63) is 57.5 Å². The molecule has 0 saturated heterocycles. The van der Waals surface area contributed by atoms with Crippen molar-refractivity contribution in [1.29, 1.82) is 0 Å². The lowest BCUT2D eigenvalue weighted by Gasteiger charge is -2.27. The van der Waals surface area contributed by atoms with Crippen molar-refractivity contribution in [3.8, 4) is 11.5 Å². The van der Waals surface area contributed by atoms with Gasteiger partial charge in [0.2, 0.25) is 0 Å². The number of fused-ring (bicyclic) bond motifs is 1. The lowest BCUT2D eigenvalue weighted by molar-refractivity contribution is 0.0718. The van der Waals surface area contributed by atoms with Gasteiger partial charge in [-0.3, -0.25) is 9.59 Å². The fourth-order valence-corrected chi connectivity index (χ4v) is 3.60. The van der Waals surface area contributed by atoms with E-state index in [4.69, 9.17) is 9.47 Å². The Hall–Kier alpha value is -2.76. The van der Waals surface area contributed by atoms with Gasteiger partial charge in [-0.05, 0) is 43.9 Å². The molecule has 27 heavy (non-hydrogen) atoms. The van der Waals surface area contributed by atoms with Gasteiger partial charge in [0.1, 0.15) is 5.56 Å². The Morgan fingerprint density at radius 3 is 2.81 bits per heavy atom. The van der Waals surface area contributed by atoms with E-state index in [1.54, 1.807) is 16.6 Å². The van der Waals surface area contributed by atoms with Crippen LogP contribution in [0.2, 0.25) is 0 Å². The van der Waals surface area contributed by atoms with E-state index in [2.05, 4.69) is 0 Å². The summed E-state index contributed by atoms with van der Waals surface area (Å²) in [7, 11) is 1.61. The van der Waals surface area contributed by atoms with Crippen molar-refractivity contribution in [2.45, 2.75) is 38.8 Å². The monoisotopic (exact) mass is 368 g/mol. The topological polar surface area (TPSA) is 60.8 Å². The summed E-state index contributed by atoms with van der Waals surface area (Å²) in [5.41, 5.74) is 1.73. The quantitative estimate of drug-likeness (QED) is 0.836. The Balaban J connectivity index is 1.70. The van der Waals surface area contributed by atoms with Gasteiger partial charge in [0.15, 0.2) is 11.5 Å². The predicted molar refractivity (Wildman–Crippen MR) is 102 cm³/mol. The molecule has 2 heterocycles. The SMILES string of the molecule is COc1cccc2c1OCCCN(C(=O)c1c(C)ccn(C3CC3)c1=O)C2. The van der Waals surface area contributed by atoms with Crippen LogP contribution in [0.4, 0.5) is 0 Å². The van der Waals surface area contributed by atoms with Gasteiger partial charge < -0.3 is 18.9 Å². The third kappa shape index (κ3) is 3.31. The van der Waals surface area contributed by atoms with Crippen molar-refractivity contribution in [1.82, 2.24) is 9.47 Å². The Kier molecular flexibility index (Phi) is 4.64. The Morgan fingerprint density at radius 2 is 2.07 bits per heavy atom. The number of carbonyl (C=O) groups is 1. The van der Waals surface area contributed by atoms with Gasteiger partial charge in [-0.2, -0.15) is 0 Å². The van der Waals surface area contributed by atoms with Gasteiger partial charge in [0.25, 0.3) is 11.5 Å². The molecule has 0 N–H and O–H groups in total. The lowest BCUT2D eigenvalue weighted by Crippen LogP contribution is -2.38. The van der Waals surface area contributed by atoms with Crippen molar-refractivity contribution in [2.75, 3.05) is 20.3 Å². The third-order valence-corrected chi connectivity index (χ3v) is 5.23. The highest BCUT2D eigenvalue weighted by atomic mass is 16.5. The van der Waals surface area contributed by atoms with Gasteiger partial charge in [-0.25, -0.2) is 0 Å². The van der Waals surface area contributed by atoms with Gasteiger partial charge in [0, 0.05) is 30.9 Å². The highest BCUT2D eigenvalue weighted by Gasteiger charge is 2.29. The van der Waals surface area contributed by atoms with Crippen LogP contribution in [0, 0.1) is 6.92 Å². The van der Waals surface area contributed by atoms with Crippen LogP contribution in [-0.4, -0.2) is 35.6 Å². The van der Waals surface area contributed by atoms with E-state index in [9.17, 15) is 9.59 Å². The Morgan fingerprint density at radius 1 is 1.26 bits per heavy atom. The highest BCUT2D eigenvalue weighted by Crippen LogP contribution is 2.34. The van der Waals surface area contributed by atoms with Crippen molar-refractivity contribution in [3.63, 3.8) is 0 Å². The van der Waals surface area contributed by atoms with Crippen LogP contribution in [0.5, 0.6) is 11.5 Å². The summed E-state index contributed by atoms with van der Waals surface area (Å²) in [6.45, 7) is 3.27. The van der Waals surface area contributed by atoms with Crippen LogP contribution in [-0.2, 0) is 6.54 Å². The number of aromatic nitrogens is 1. The maximum Gasteiger partial charge on any atom is 0.263 e. The van der Waals surface area contributed by atoms with Crippen LogP contribution in [0.15, 0.2) is 35.3 Å². The fraction of sp³-hybridized carbons (Fsp3) is 0.429. The minimum atomic E-state index is -0.205. The van der Waals surface area contributed by atoms with E-state index in [-0.39, 0.29) is 23.1 Å². The molecule has 1 aliphatic heterocycles. The second-order valence-corrected chi connectivity index (χ2v) is 7.19. The van der Waals surface area contributed by atoms with Crippen LogP contribution in [0.1, 0.15) is 46.8 Å². The van der Waals surface area contributed by atoms with E-state index >= 15 is 0 Å². The molecule has 6 nitrogen and oxygen atoms in total. The summed E-state index contributed by atoms with van der Waals surface area (Å²) in [6, 6.07) is 7.79. The first-order valence-corrected chi connectivity index (χ1v) is 9.40. The van der Waals surface area contributed by atoms with Crippen LogP contribution in [0.3, 0.4) is 0 Å². The summed E-state index contributed by atoms with van der Waals surface area (Å²) < 4.78 is 13.0. The summed E-state index contributed by atoms with van der Waals surface area (Å²) >= 11 is 0. The minimum Gasteiger partial charge on any atom is -0.493 e. The van der Waals surface area contributed by atoms with Gasteiger partial charge in [-0.15, -0.1) is 0 Å². The molecule has 4 rings (SSSR count). The molecule has 0 unspecified atom stereocenters. The summed E-state index contributed by atoms with van der Waals surface area (Å²) in [5.74, 6) is 1.13. The molecular weight excluding hydrogens is 344 g/mol. The predicted octanol–water partition coefficient (Wildman–Crippen LogP) is 2.93. The second kappa shape index (κ2) is 7.10. The number of pyridine rings is 1. The molecule has 2 aromatic rings. The first-order valence-electron chi connectivity index (χ1n) is 9.40. The standard InChI is InChI=1S/C21H24N2O4/c1-14-9-11-23(16-7-8-16)21(25)18(14)20(24)22-10-4-12-27-19-15(13-22)5-3-6-17(19)26-2/h3,5-6,9,11,16H,4,7-8,10,12-13H2,1-2H3. The smallest absolute Gasteiger partial charge is 0.263 e. The molecule has 0 spiro atoms. The van der Waals surface area contributed by atoms with Gasteiger partial charge in [-0.1, -0.05) is 12.1 Å². The molecule has 1 aliphatic carbocycles. The number of para-hydroxylation sites is 1. The number of rotatable bonds is 3. The van der Waals surface area contributed by atoms with Gasteiger partial charge in [0.05, 0.1) is 13.7 Å². The van der Waals surface area contributed by atoms with Crippen molar-refractivity contribution < 1.29 is 14.3 Å². The zero-order valence-electron chi connectivity index (χ0n) is 15.7. The molecular formula is C21H24N2O4. The number of amides is 1. The summed E-state index contributed by atoms with van der Waals surface area (Å²) in [5, 5.41) is 0. The highest BCUT2D eigenvalue weighted by molar-refractivity contribution is 5.95. The van der Waals surface area contributed by atoms with Gasteiger partial charge >= 0.3 is 0 Å². The molecule has 1 aromatic carbocycles. The fourth-order valence-electron chi connectivity index (χ4n) is 3.60. The molecule has 1 fully saturated rings. The average molecular weight is 368 g/mol. The number of methoxy groups -OCH3 is 1. The molecule has 0 atom stereocenters. The largest absolute Gasteiger partial charge is 0.493 e. The number of hydrogen-bond acceptors (Lipinski definition) is 4. The number of aryl methyl sites for hydroxylation is 1. The summed E-state index contributed by atoms with van der Waals surface area (Å²) in [6.07, 6.45) is 4.52. The molecule has 0 radical (unpaired) electrons. The number of benzene rings is 1. The van der Waals surface area contributed by atoms with E-state index in [1.165, 1.54) is 0 Å². The molecule has 1 aromatic heterocycles. The lowest BCUT2D eigenvalue weighted by atomic mass is 10.1. The van der Waals surface area contributed by atoms with Crippen LogP contribution in [0.25, 0.3) is 0 Å². The van der Waals surface area contributed by atoms with Crippen molar-refractivity contribution >= 4 is 5.91 Å². The molecule has 142 valence electrons. The van der Waals surface area contributed by atoms with Crippen LogP contribution >= 0.6 is 0 Å². The first-order chi connectivity index (χ1) is 13.1. The number of nitrogens with zero attached hydrogens (tertiary/aromatic N) is 2. The molecule has 6 heteroatoms. The molecule has 1 saturated carbocycles. The zero-order valence-corrected chi connectivity index (χ0v) is 15.7. The number of carbonyl (C=O) groups excluding carboxylic acids is 1. The van der Waals surface area contributed by atoms with E-state index in [0.29, 0.717) is 37.6 Å². The maximum atomic E-state index is 13.3. The Labute approximate surface area is 158 Å². The van der Waals surface area contributed by atoms with E-state index in [1.807, 2.05) is 37.4 Å². The second-order valence-electron chi connectivity index (χ2n) is 7.19. The Bertz CT molecular complexity index is 930. The van der Waals surface area contributed by atoms with E-state index < -0.39 is 0 Å². The molecule has 2 aliphatic rings. The van der Waals surface area contributed by atoms with E-state index in [0.717, 1.165) is 24.0 Å². The number of hydrogen-bond donors (Lipinski definition) is 0. The average Bonchev–Trinajstić information content (AvgIpc) is 3.46. The van der Waals surface area contributed by atoms with Crippen LogP contribution < -0.4 is 15.0 Å². The number of ether oxygens (including phenoxy) is 2. The molecule has 1 amide bonds. The zero-order chi connectivity index (χ0) is 19.0. The minimum absolute atomic E-state index is 0.174. The molecule has 0 bridgehead atoms. The first kappa shape index (κ1) is 17.6. The normalized spacial score (nSPS) is 16.7. The maximum absolute atomic E-state index is 13.3. The third-order valence-electron chi connectivity index (χ3n) is 5.23. The summed E-state index contributed by atoms with van der Waals surface area (Å²) in [4.78, 5) is 28.0. The van der Waals surface area contributed by atoms with Crippen molar-refractivity contribution in [2.24, 2.45) is 0 Å².